The van der Waals surface area contributed by atoms with Crippen molar-refractivity contribution in [3.8, 4) is 0 Å². The number of carbonyl (C=O) groups excluding carboxylic acids is 2. The third-order valence-electron chi connectivity index (χ3n) is 2.83. The minimum Gasteiger partial charge on any atom is -0.354 e. The number of halogens is 3. The first kappa shape index (κ1) is 13.4. The van der Waals surface area contributed by atoms with E-state index in [4.69, 9.17) is 0 Å². The fraction of sp³-hybridized carbons (Fsp3) is 0.333. The third kappa shape index (κ3) is 2.86. The average molecular weight is 272 g/mol. The first-order valence-electron chi connectivity index (χ1n) is 5.69. The van der Waals surface area contributed by atoms with E-state index < -0.39 is 23.4 Å². The normalized spacial score (nSPS) is 15.9. The Morgan fingerprint density at radius 3 is 2.42 bits per heavy atom. The van der Waals surface area contributed by atoms with Gasteiger partial charge in [-0.25, -0.2) is 13.2 Å². The zero-order valence-electron chi connectivity index (χ0n) is 9.88. The van der Waals surface area contributed by atoms with E-state index in [1.54, 1.807) is 0 Å². The lowest BCUT2D eigenvalue weighted by Gasteiger charge is -2.19. The van der Waals surface area contributed by atoms with Crippen LogP contribution in [0.5, 0.6) is 0 Å². The predicted octanol–water partition coefficient (Wildman–Crippen LogP) is 1.07. The topological polar surface area (TPSA) is 49.4 Å². The Kier molecular flexibility index (Phi) is 3.73. The summed E-state index contributed by atoms with van der Waals surface area (Å²) in [5, 5.41) is 2.57. The molecule has 0 radical (unpaired) electrons. The van der Waals surface area contributed by atoms with Gasteiger partial charge in [0.25, 0.3) is 5.91 Å². The number of hydrogen-bond donors (Lipinski definition) is 1. The maximum atomic E-state index is 13.1. The van der Waals surface area contributed by atoms with Gasteiger partial charge in [0, 0.05) is 31.6 Å². The minimum atomic E-state index is -1.61. The lowest BCUT2D eigenvalue weighted by atomic mass is 10.1. The number of nitrogens with zero attached hydrogens (tertiary/aromatic N) is 1. The summed E-state index contributed by atoms with van der Waals surface area (Å²) in [6, 6.07) is 1.31. The molecule has 2 rings (SSSR count). The van der Waals surface area contributed by atoms with E-state index in [0.29, 0.717) is 12.1 Å². The highest BCUT2D eigenvalue weighted by molar-refractivity contribution is 5.94. The molecule has 1 fully saturated rings. The quantitative estimate of drug-likeness (QED) is 0.777. The van der Waals surface area contributed by atoms with E-state index in [2.05, 4.69) is 5.32 Å². The summed E-state index contributed by atoms with van der Waals surface area (Å²) < 4.78 is 38.9. The van der Waals surface area contributed by atoms with Crippen LogP contribution in [0.3, 0.4) is 0 Å². The van der Waals surface area contributed by atoms with Crippen molar-refractivity contribution in [2.45, 2.75) is 6.42 Å². The van der Waals surface area contributed by atoms with Crippen LogP contribution < -0.4 is 5.32 Å². The lowest BCUT2D eigenvalue weighted by molar-refractivity contribution is -0.120. The van der Waals surface area contributed by atoms with Crippen molar-refractivity contribution >= 4 is 11.8 Å². The zero-order chi connectivity index (χ0) is 14.0. The fourth-order valence-corrected chi connectivity index (χ4v) is 1.83. The molecule has 102 valence electrons. The lowest BCUT2D eigenvalue weighted by Crippen LogP contribution is -2.34. The van der Waals surface area contributed by atoms with Crippen LogP contribution in [-0.2, 0) is 4.79 Å². The molecule has 2 amide bonds. The van der Waals surface area contributed by atoms with Gasteiger partial charge in [-0.15, -0.1) is 0 Å². The Morgan fingerprint density at radius 2 is 1.79 bits per heavy atom. The smallest absolute Gasteiger partial charge is 0.254 e. The summed E-state index contributed by atoms with van der Waals surface area (Å²) in [5.74, 6) is -5.25. The van der Waals surface area contributed by atoms with Crippen LogP contribution in [0, 0.1) is 17.5 Å². The second-order valence-corrected chi connectivity index (χ2v) is 4.15. The Bertz CT molecular complexity index is 511. The Hall–Kier alpha value is -2.05. The van der Waals surface area contributed by atoms with Gasteiger partial charge < -0.3 is 10.2 Å². The number of rotatable bonds is 1. The molecule has 0 atom stereocenters. The molecule has 1 aromatic rings. The molecule has 1 aliphatic heterocycles. The van der Waals surface area contributed by atoms with Crippen LogP contribution in [-0.4, -0.2) is 36.3 Å². The van der Waals surface area contributed by atoms with Gasteiger partial charge in [0.1, 0.15) is 0 Å². The SMILES string of the molecule is O=C1CCN(C(=O)c2cc(F)c(F)c(F)c2)CCN1. The van der Waals surface area contributed by atoms with Gasteiger partial charge in [0.05, 0.1) is 0 Å². The molecule has 19 heavy (non-hydrogen) atoms. The molecule has 1 heterocycles. The Balaban J connectivity index is 2.21. The molecule has 7 heteroatoms. The van der Waals surface area contributed by atoms with Crippen molar-refractivity contribution in [1.82, 2.24) is 10.2 Å². The number of hydrogen-bond acceptors (Lipinski definition) is 2. The third-order valence-corrected chi connectivity index (χ3v) is 2.83. The summed E-state index contributed by atoms with van der Waals surface area (Å²) in [6.45, 7) is 0.674. The zero-order valence-corrected chi connectivity index (χ0v) is 9.88. The van der Waals surface area contributed by atoms with E-state index in [-0.39, 0.29) is 37.5 Å². The number of amides is 2. The molecule has 1 saturated heterocycles. The van der Waals surface area contributed by atoms with Crippen molar-refractivity contribution in [2.75, 3.05) is 19.6 Å². The largest absolute Gasteiger partial charge is 0.354 e. The molecule has 0 aromatic heterocycles. The van der Waals surface area contributed by atoms with Crippen LogP contribution in [0.1, 0.15) is 16.8 Å². The van der Waals surface area contributed by atoms with Gasteiger partial charge in [-0.2, -0.15) is 0 Å². The summed E-state index contributed by atoms with van der Waals surface area (Å²) >= 11 is 0. The van der Waals surface area contributed by atoms with Crippen molar-refractivity contribution in [3.63, 3.8) is 0 Å². The fourth-order valence-electron chi connectivity index (χ4n) is 1.83. The van der Waals surface area contributed by atoms with Crippen molar-refractivity contribution in [1.29, 1.82) is 0 Å². The van der Waals surface area contributed by atoms with Crippen LogP contribution in [0.2, 0.25) is 0 Å². The predicted molar refractivity (Wildman–Crippen MR) is 59.8 cm³/mol. The average Bonchev–Trinajstić information content (AvgIpc) is 2.59. The number of benzene rings is 1. The summed E-state index contributed by atoms with van der Waals surface area (Å²) in [5.41, 5.74) is -0.272. The summed E-state index contributed by atoms with van der Waals surface area (Å²) in [7, 11) is 0. The molecule has 1 aliphatic rings. The Morgan fingerprint density at radius 1 is 1.16 bits per heavy atom. The number of carbonyl (C=O) groups is 2. The second kappa shape index (κ2) is 5.29. The standard InChI is InChI=1S/C12H11F3N2O2/c13-8-5-7(6-9(14)11(8)15)12(19)17-3-1-10(18)16-2-4-17/h5-6H,1-4H2,(H,16,18). The van der Waals surface area contributed by atoms with Crippen molar-refractivity contribution in [2.24, 2.45) is 0 Å². The first-order valence-corrected chi connectivity index (χ1v) is 5.69. The van der Waals surface area contributed by atoms with Crippen LogP contribution in [0.4, 0.5) is 13.2 Å². The number of nitrogens with one attached hydrogen (secondary N) is 1. The molecule has 0 bridgehead atoms. The Labute approximate surface area is 107 Å². The van der Waals surface area contributed by atoms with Crippen LogP contribution in [0.25, 0.3) is 0 Å². The van der Waals surface area contributed by atoms with Gasteiger partial charge in [-0.3, -0.25) is 9.59 Å². The second-order valence-electron chi connectivity index (χ2n) is 4.15. The van der Waals surface area contributed by atoms with Gasteiger partial charge in [0.2, 0.25) is 5.91 Å². The molecule has 0 saturated carbocycles. The van der Waals surface area contributed by atoms with Gasteiger partial charge in [-0.1, -0.05) is 0 Å². The van der Waals surface area contributed by atoms with E-state index in [0.717, 1.165) is 0 Å². The molecular weight excluding hydrogens is 261 g/mol. The summed E-state index contributed by atoms with van der Waals surface area (Å²) in [4.78, 5) is 24.4. The summed E-state index contributed by atoms with van der Waals surface area (Å²) in [6.07, 6.45) is 0.123. The minimum absolute atomic E-state index is 0.123. The molecule has 0 spiro atoms. The van der Waals surface area contributed by atoms with Crippen LogP contribution >= 0.6 is 0 Å². The maximum absolute atomic E-state index is 13.1. The first-order chi connectivity index (χ1) is 8.99. The maximum Gasteiger partial charge on any atom is 0.254 e. The highest BCUT2D eigenvalue weighted by Crippen LogP contribution is 2.15. The van der Waals surface area contributed by atoms with Crippen LogP contribution in [0.15, 0.2) is 12.1 Å². The molecule has 4 nitrogen and oxygen atoms in total. The molecule has 0 unspecified atom stereocenters. The molecular formula is C12H11F3N2O2. The van der Waals surface area contributed by atoms with Crippen molar-refractivity contribution < 1.29 is 22.8 Å². The van der Waals surface area contributed by atoms with Gasteiger partial charge in [-0.05, 0) is 12.1 Å². The molecule has 0 aliphatic carbocycles. The molecule has 1 aromatic carbocycles. The van der Waals surface area contributed by atoms with Gasteiger partial charge in [0.15, 0.2) is 17.5 Å². The van der Waals surface area contributed by atoms with E-state index in [1.807, 2.05) is 0 Å². The van der Waals surface area contributed by atoms with Crippen molar-refractivity contribution in [3.05, 3.63) is 35.1 Å². The monoisotopic (exact) mass is 272 g/mol. The van der Waals surface area contributed by atoms with E-state index in [1.165, 1.54) is 4.90 Å². The van der Waals surface area contributed by atoms with E-state index >= 15 is 0 Å². The van der Waals surface area contributed by atoms with E-state index in [9.17, 15) is 22.8 Å². The van der Waals surface area contributed by atoms with Gasteiger partial charge >= 0.3 is 0 Å². The highest BCUT2D eigenvalue weighted by atomic mass is 19.2. The highest BCUT2D eigenvalue weighted by Gasteiger charge is 2.22. The molecule has 1 N–H and O–H groups in total.